The lowest BCUT2D eigenvalue weighted by molar-refractivity contribution is 0.398. The Hall–Kier alpha value is -1.51. The Labute approximate surface area is 144 Å². The summed E-state index contributed by atoms with van der Waals surface area (Å²) in [5.74, 6) is 1.14. The van der Waals surface area contributed by atoms with Gasteiger partial charge in [0.1, 0.15) is 5.75 Å². The Morgan fingerprint density at radius 1 is 1.09 bits per heavy atom. The van der Waals surface area contributed by atoms with Crippen LogP contribution in [0.15, 0.2) is 48.5 Å². The molecular weight excluding hydrogens is 306 g/mol. The second-order valence-electron chi connectivity index (χ2n) is 6.81. The summed E-state index contributed by atoms with van der Waals surface area (Å²) in [6.45, 7) is 7.48. The van der Waals surface area contributed by atoms with Crippen molar-refractivity contribution in [1.29, 1.82) is 0 Å². The number of nitrogens with one attached hydrogen (secondary N) is 1. The van der Waals surface area contributed by atoms with E-state index in [0.717, 1.165) is 29.3 Å². The maximum absolute atomic E-state index is 6.24. The molecule has 0 amide bonds. The van der Waals surface area contributed by atoms with Crippen LogP contribution in [-0.2, 0) is 0 Å². The number of rotatable bonds is 6. The molecule has 2 rings (SSSR count). The summed E-state index contributed by atoms with van der Waals surface area (Å²) in [5, 5.41) is 4.31. The predicted molar refractivity (Wildman–Crippen MR) is 98.7 cm³/mol. The molecule has 2 aromatic rings. The SMILES string of the molecule is COc1ccc(Cl)cc1C(CCNC(C)(C)C)c1ccccc1. The standard InChI is InChI=1S/C20H26ClNO/c1-20(2,3)22-13-12-17(15-8-6-5-7-9-15)18-14-16(21)10-11-19(18)23-4/h5-11,14,17,22H,12-13H2,1-4H3. The van der Waals surface area contributed by atoms with Gasteiger partial charge in [0, 0.05) is 22.0 Å². The van der Waals surface area contributed by atoms with Crippen molar-refractivity contribution in [2.75, 3.05) is 13.7 Å². The molecule has 2 aromatic carbocycles. The lowest BCUT2D eigenvalue weighted by Gasteiger charge is -2.25. The maximum Gasteiger partial charge on any atom is 0.122 e. The van der Waals surface area contributed by atoms with E-state index >= 15 is 0 Å². The number of hydrogen-bond donors (Lipinski definition) is 1. The van der Waals surface area contributed by atoms with Crippen molar-refractivity contribution in [3.63, 3.8) is 0 Å². The van der Waals surface area contributed by atoms with Gasteiger partial charge in [-0.15, -0.1) is 0 Å². The maximum atomic E-state index is 6.24. The molecule has 3 heteroatoms. The van der Waals surface area contributed by atoms with Crippen molar-refractivity contribution < 1.29 is 4.74 Å². The molecule has 124 valence electrons. The van der Waals surface area contributed by atoms with Gasteiger partial charge in [-0.1, -0.05) is 41.9 Å². The summed E-state index contributed by atoms with van der Waals surface area (Å²) in [5.41, 5.74) is 2.53. The molecule has 0 radical (unpaired) electrons. The van der Waals surface area contributed by atoms with Gasteiger partial charge in [-0.25, -0.2) is 0 Å². The van der Waals surface area contributed by atoms with Crippen LogP contribution >= 0.6 is 11.6 Å². The molecule has 1 unspecified atom stereocenters. The summed E-state index contributed by atoms with van der Waals surface area (Å²) in [4.78, 5) is 0. The van der Waals surface area contributed by atoms with Crippen molar-refractivity contribution in [3.8, 4) is 5.75 Å². The van der Waals surface area contributed by atoms with Gasteiger partial charge in [0.2, 0.25) is 0 Å². The molecule has 0 aromatic heterocycles. The minimum atomic E-state index is 0.111. The molecule has 2 nitrogen and oxygen atoms in total. The van der Waals surface area contributed by atoms with E-state index in [1.807, 2.05) is 24.3 Å². The van der Waals surface area contributed by atoms with E-state index in [2.05, 4.69) is 50.4 Å². The number of ether oxygens (including phenoxy) is 1. The monoisotopic (exact) mass is 331 g/mol. The van der Waals surface area contributed by atoms with Crippen LogP contribution in [-0.4, -0.2) is 19.2 Å². The van der Waals surface area contributed by atoms with Gasteiger partial charge in [-0.2, -0.15) is 0 Å². The third-order valence-electron chi connectivity index (χ3n) is 3.86. The molecule has 0 aliphatic heterocycles. The summed E-state index contributed by atoms with van der Waals surface area (Å²) < 4.78 is 5.57. The first-order valence-electron chi connectivity index (χ1n) is 8.04. The third kappa shape index (κ3) is 5.26. The molecule has 0 aliphatic carbocycles. The summed E-state index contributed by atoms with van der Waals surface area (Å²) in [6, 6.07) is 16.4. The van der Waals surface area contributed by atoms with Gasteiger partial charge < -0.3 is 10.1 Å². The zero-order valence-corrected chi connectivity index (χ0v) is 15.2. The average Bonchev–Trinajstić information content (AvgIpc) is 2.51. The van der Waals surface area contributed by atoms with Crippen molar-refractivity contribution in [2.45, 2.75) is 38.6 Å². The first-order chi connectivity index (χ1) is 10.9. The summed E-state index contributed by atoms with van der Waals surface area (Å²) in [7, 11) is 1.71. The molecule has 0 heterocycles. The number of hydrogen-bond acceptors (Lipinski definition) is 2. The lowest BCUT2D eigenvalue weighted by atomic mass is 9.87. The second kappa shape index (κ2) is 7.85. The zero-order chi connectivity index (χ0) is 16.9. The van der Waals surface area contributed by atoms with Crippen molar-refractivity contribution in [2.24, 2.45) is 0 Å². The number of methoxy groups -OCH3 is 1. The molecule has 0 saturated heterocycles. The highest BCUT2D eigenvalue weighted by Gasteiger charge is 2.19. The molecule has 23 heavy (non-hydrogen) atoms. The zero-order valence-electron chi connectivity index (χ0n) is 14.4. The van der Waals surface area contributed by atoms with Crippen molar-refractivity contribution >= 4 is 11.6 Å². The van der Waals surface area contributed by atoms with Crippen LogP contribution in [0.4, 0.5) is 0 Å². The minimum Gasteiger partial charge on any atom is -0.496 e. The fourth-order valence-corrected chi connectivity index (χ4v) is 2.94. The van der Waals surface area contributed by atoms with Crippen LogP contribution in [0.3, 0.4) is 0 Å². The van der Waals surface area contributed by atoms with E-state index in [-0.39, 0.29) is 11.5 Å². The first-order valence-corrected chi connectivity index (χ1v) is 8.42. The van der Waals surface area contributed by atoms with E-state index in [1.54, 1.807) is 7.11 Å². The predicted octanol–water partition coefficient (Wildman–Crippen LogP) is 5.26. The van der Waals surface area contributed by atoms with Gasteiger partial charge in [0.15, 0.2) is 0 Å². The van der Waals surface area contributed by atoms with Crippen LogP contribution in [0.1, 0.15) is 44.2 Å². The molecule has 0 spiro atoms. The summed E-state index contributed by atoms with van der Waals surface area (Å²) in [6.07, 6.45) is 0.984. The molecule has 1 atom stereocenters. The Balaban J connectivity index is 2.32. The fourth-order valence-electron chi connectivity index (χ4n) is 2.76. The van der Waals surface area contributed by atoms with Gasteiger partial charge in [0.05, 0.1) is 7.11 Å². The third-order valence-corrected chi connectivity index (χ3v) is 4.09. The topological polar surface area (TPSA) is 21.3 Å². The van der Waals surface area contributed by atoms with Crippen LogP contribution in [0.5, 0.6) is 5.75 Å². The Kier molecular flexibility index (Phi) is 6.09. The van der Waals surface area contributed by atoms with E-state index < -0.39 is 0 Å². The van der Waals surface area contributed by atoms with Crippen molar-refractivity contribution in [3.05, 3.63) is 64.7 Å². The van der Waals surface area contributed by atoms with E-state index in [1.165, 1.54) is 5.56 Å². The lowest BCUT2D eigenvalue weighted by Crippen LogP contribution is -2.37. The highest BCUT2D eigenvalue weighted by Crippen LogP contribution is 2.36. The van der Waals surface area contributed by atoms with Crippen LogP contribution in [0.25, 0.3) is 0 Å². The normalized spacial score (nSPS) is 12.9. The molecule has 1 N–H and O–H groups in total. The fraction of sp³-hybridized carbons (Fsp3) is 0.400. The summed E-state index contributed by atoms with van der Waals surface area (Å²) >= 11 is 6.24. The van der Waals surface area contributed by atoms with Crippen LogP contribution < -0.4 is 10.1 Å². The highest BCUT2D eigenvalue weighted by atomic mass is 35.5. The smallest absolute Gasteiger partial charge is 0.122 e. The largest absolute Gasteiger partial charge is 0.496 e. The first kappa shape index (κ1) is 17.8. The van der Waals surface area contributed by atoms with E-state index in [4.69, 9.17) is 16.3 Å². The number of benzene rings is 2. The Morgan fingerprint density at radius 3 is 2.39 bits per heavy atom. The van der Waals surface area contributed by atoms with Crippen molar-refractivity contribution in [1.82, 2.24) is 5.32 Å². The number of halogens is 1. The van der Waals surface area contributed by atoms with Crippen LogP contribution in [0.2, 0.25) is 5.02 Å². The molecule has 0 aliphatic rings. The second-order valence-corrected chi connectivity index (χ2v) is 7.25. The molecule has 0 fully saturated rings. The van der Waals surface area contributed by atoms with Gasteiger partial charge in [-0.05, 0) is 57.5 Å². The van der Waals surface area contributed by atoms with Crippen LogP contribution in [0, 0.1) is 0 Å². The molecule has 0 bridgehead atoms. The van der Waals surface area contributed by atoms with E-state index in [0.29, 0.717) is 0 Å². The van der Waals surface area contributed by atoms with Gasteiger partial charge >= 0.3 is 0 Å². The minimum absolute atomic E-state index is 0.111. The highest BCUT2D eigenvalue weighted by molar-refractivity contribution is 6.30. The van der Waals surface area contributed by atoms with Gasteiger partial charge in [-0.3, -0.25) is 0 Å². The Morgan fingerprint density at radius 2 is 1.78 bits per heavy atom. The Bertz CT molecular complexity index is 619. The average molecular weight is 332 g/mol. The molecule has 0 saturated carbocycles. The quantitative estimate of drug-likeness (QED) is 0.779. The molecular formula is C20H26ClNO. The van der Waals surface area contributed by atoms with E-state index in [9.17, 15) is 0 Å². The van der Waals surface area contributed by atoms with Gasteiger partial charge in [0.25, 0.3) is 0 Å².